The number of aryl methyl sites for hydroxylation is 1. The minimum Gasteiger partial charge on any atom is -0.279 e. The van der Waals surface area contributed by atoms with E-state index in [0.717, 1.165) is 16.0 Å². The van der Waals surface area contributed by atoms with Crippen molar-refractivity contribution in [1.29, 1.82) is 0 Å². The Kier molecular flexibility index (Phi) is 3.96. The first-order valence-electron chi connectivity index (χ1n) is 6.64. The smallest absolute Gasteiger partial charge is 0.263 e. The molecule has 0 fully saturated rings. The van der Waals surface area contributed by atoms with E-state index in [-0.39, 0.29) is 4.90 Å². The molecule has 0 unspecified atom stereocenters. The van der Waals surface area contributed by atoms with Gasteiger partial charge in [0.15, 0.2) is 0 Å². The molecular weight excluding hydrogens is 316 g/mol. The normalized spacial score (nSPS) is 11.3. The molecule has 2 aromatic heterocycles. The number of nitrogens with zero attached hydrogens (tertiary/aromatic N) is 1. The van der Waals surface area contributed by atoms with E-state index in [0.29, 0.717) is 5.69 Å². The van der Waals surface area contributed by atoms with Crippen molar-refractivity contribution < 1.29 is 8.42 Å². The van der Waals surface area contributed by atoms with Crippen molar-refractivity contribution in [3.63, 3.8) is 0 Å². The van der Waals surface area contributed by atoms with Crippen molar-refractivity contribution >= 4 is 27.0 Å². The number of hydrogen-bond donors (Lipinski definition) is 1. The summed E-state index contributed by atoms with van der Waals surface area (Å²) in [5, 5.41) is 1.99. The molecule has 0 saturated carbocycles. The summed E-state index contributed by atoms with van der Waals surface area (Å²) in [7, 11) is -3.63. The van der Waals surface area contributed by atoms with Crippen LogP contribution in [0.2, 0.25) is 0 Å². The Morgan fingerprint density at radius 1 is 1.14 bits per heavy atom. The van der Waals surface area contributed by atoms with Crippen LogP contribution in [0.25, 0.3) is 10.4 Å². The number of benzene rings is 1. The van der Waals surface area contributed by atoms with Crippen LogP contribution in [0.3, 0.4) is 0 Å². The van der Waals surface area contributed by atoms with Gasteiger partial charge in [0.2, 0.25) is 0 Å². The second kappa shape index (κ2) is 5.90. The highest BCUT2D eigenvalue weighted by Gasteiger charge is 2.15. The summed E-state index contributed by atoms with van der Waals surface area (Å²) in [6.45, 7) is 1.87. The number of nitrogens with one attached hydrogen (secondary N) is 1. The predicted octanol–water partition coefficient (Wildman–Crippen LogP) is 3.92. The molecule has 1 N–H and O–H groups in total. The summed E-state index contributed by atoms with van der Waals surface area (Å²) in [5.41, 5.74) is 2.44. The first kappa shape index (κ1) is 14.7. The van der Waals surface area contributed by atoms with Crippen LogP contribution in [0.1, 0.15) is 5.56 Å². The maximum Gasteiger partial charge on any atom is 0.263 e. The molecule has 3 rings (SSSR count). The van der Waals surface area contributed by atoms with Crippen molar-refractivity contribution in [2.75, 3.05) is 4.72 Å². The lowest BCUT2D eigenvalue weighted by Crippen LogP contribution is -2.14. The van der Waals surface area contributed by atoms with Crippen LogP contribution >= 0.6 is 11.3 Å². The predicted molar refractivity (Wildman–Crippen MR) is 89.5 cm³/mol. The summed E-state index contributed by atoms with van der Waals surface area (Å²) < 4.78 is 27.4. The molecule has 2 heterocycles. The summed E-state index contributed by atoms with van der Waals surface area (Å²) in [5.74, 6) is 0. The molecule has 3 aromatic rings. The zero-order valence-electron chi connectivity index (χ0n) is 11.9. The van der Waals surface area contributed by atoms with E-state index in [1.807, 2.05) is 42.6 Å². The van der Waals surface area contributed by atoms with Crippen molar-refractivity contribution in [2.24, 2.45) is 0 Å². The lowest BCUT2D eigenvalue weighted by Gasteiger charge is -2.11. The molecule has 0 atom stereocenters. The highest BCUT2D eigenvalue weighted by Crippen LogP contribution is 2.29. The van der Waals surface area contributed by atoms with Gasteiger partial charge in [-0.2, -0.15) is 0 Å². The standard InChI is InChI=1S/C16H14N2O2S2/c1-12-6-7-13(16-5-3-9-21-16)10-15(12)18-22(19,20)14-4-2-8-17-11-14/h2-11,18H,1H3. The van der Waals surface area contributed by atoms with Crippen LogP contribution in [0.15, 0.2) is 65.1 Å². The molecule has 0 aliphatic carbocycles. The maximum absolute atomic E-state index is 12.4. The zero-order valence-corrected chi connectivity index (χ0v) is 13.5. The molecule has 112 valence electrons. The van der Waals surface area contributed by atoms with Crippen LogP contribution in [0, 0.1) is 6.92 Å². The molecule has 4 nitrogen and oxygen atoms in total. The summed E-state index contributed by atoms with van der Waals surface area (Å²) in [6, 6.07) is 12.9. The topological polar surface area (TPSA) is 59.1 Å². The van der Waals surface area contributed by atoms with Gasteiger partial charge in [0.05, 0.1) is 5.69 Å². The Hall–Kier alpha value is -2.18. The number of thiophene rings is 1. The quantitative estimate of drug-likeness (QED) is 0.789. The number of aromatic nitrogens is 1. The Morgan fingerprint density at radius 2 is 2.00 bits per heavy atom. The molecule has 0 radical (unpaired) electrons. The minimum atomic E-state index is -3.63. The van der Waals surface area contributed by atoms with Crippen molar-refractivity contribution in [1.82, 2.24) is 4.98 Å². The van der Waals surface area contributed by atoms with Crippen LogP contribution in [0.4, 0.5) is 5.69 Å². The minimum absolute atomic E-state index is 0.149. The lowest BCUT2D eigenvalue weighted by molar-refractivity contribution is 0.601. The van der Waals surface area contributed by atoms with Gasteiger partial charge in [0, 0.05) is 17.3 Å². The van der Waals surface area contributed by atoms with Gasteiger partial charge >= 0.3 is 0 Å². The van der Waals surface area contributed by atoms with Crippen LogP contribution in [-0.4, -0.2) is 13.4 Å². The molecule has 1 aromatic carbocycles. The SMILES string of the molecule is Cc1ccc(-c2cccs2)cc1NS(=O)(=O)c1cccnc1. The van der Waals surface area contributed by atoms with Gasteiger partial charge in [-0.1, -0.05) is 18.2 Å². The summed E-state index contributed by atoms with van der Waals surface area (Å²) >= 11 is 1.62. The number of rotatable bonds is 4. The average molecular weight is 330 g/mol. The number of pyridine rings is 1. The van der Waals surface area contributed by atoms with E-state index in [4.69, 9.17) is 0 Å². The third-order valence-electron chi connectivity index (χ3n) is 3.23. The second-order valence-corrected chi connectivity index (χ2v) is 7.43. The Morgan fingerprint density at radius 3 is 2.68 bits per heavy atom. The molecule has 0 spiro atoms. The first-order valence-corrected chi connectivity index (χ1v) is 9.00. The zero-order chi connectivity index (χ0) is 15.6. The number of sulfonamides is 1. The molecule has 6 heteroatoms. The van der Waals surface area contributed by atoms with Gasteiger partial charge in [-0.25, -0.2) is 8.42 Å². The van der Waals surface area contributed by atoms with Gasteiger partial charge in [-0.15, -0.1) is 11.3 Å². The van der Waals surface area contributed by atoms with Gasteiger partial charge in [0.25, 0.3) is 10.0 Å². The highest BCUT2D eigenvalue weighted by atomic mass is 32.2. The van der Waals surface area contributed by atoms with Gasteiger partial charge in [-0.3, -0.25) is 9.71 Å². The fraction of sp³-hybridized carbons (Fsp3) is 0.0625. The van der Waals surface area contributed by atoms with Crippen LogP contribution in [-0.2, 0) is 10.0 Å². The fourth-order valence-electron chi connectivity index (χ4n) is 2.04. The van der Waals surface area contributed by atoms with Crippen LogP contribution in [0.5, 0.6) is 0 Å². The summed E-state index contributed by atoms with van der Waals surface area (Å²) in [6.07, 6.45) is 2.88. The maximum atomic E-state index is 12.4. The van der Waals surface area contributed by atoms with Crippen molar-refractivity contribution in [3.8, 4) is 10.4 Å². The molecule has 0 amide bonds. The molecule has 0 aliphatic heterocycles. The third kappa shape index (κ3) is 3.03. The largest absolute Gasteiger partial charge is 0.279 e. The van der Waals surface area contributed by atoms with Gasteiger partial charge in [0.1, 0.15) is 4.90 Å². The first-order chi connectivity index (χ1) is 10.6. The van der Waals surface area contributed by atoms with Crippen molar-refractivity contribution in [3.05, 3.63) is 65.8 Å². The van der Waals surface area contributed by atoms with Gasteiger partial charge in [-0.05, 0) is 47.7 Å². The fourth-order valence-corrected chi connectivity index (χ4v) is 3.85. The molecule has 0 bridgehead atoms. The molecule has 0 saturated heterocycles. The van der Waals surface area contributed by atoms with E-state index in [1.165, 1.54) is 12.3 Å². The van der Waals surface area contributed by atoms with Crippen LogP contribution < -0.4 is 4.72 Å². The van der Waals surface area contributed by atoms with E-state index < -0.39 is 10.0 Å². The van der Waals surface area contributed by atoms with Crippen molar-refractivity contribution in [2.45, 2.75) is 11.8 Å². The van der Waals surface area contributed by atoms with E-state index in [9.17, 15) is 8.42 Å². The van der Waals surface area contributed by atoms with E-state index in [2.05, 4.69) is 9.71 Å². The average Bonchev–Trinajstić information content (AvgIpc) is 3.04. The highest BCUT2D eigenvalue weighted by molar-refractivity contribution is 7.92. The molecule has 0 aliphatic rings. The Labute approximate surface area is 133 Å². The molecular formula is C16H14N2O2S2. The van der Waals surface area contributed by atoms with Gasteiger partial charge < -0.3 is 0 Å². The Balaban J connectivity index is 1.97. The second-order valence-electron chi connectivity index (χ2n) is 4.80. The number of hydrogen-bond acceptors (Lipinski definition) is 4. The van der Waals surface area contributed by atoms with E-state index >= 15 is 0 Å². The molecule has 22 heavy (non-hydrogen) atoms. The monoisotopic (exact) mass is 330 g/mol. The summed E-state index contributed by atoms with van der Waals surface area (Å²) in [4.78, 5) is 5.10. The number of anilines is 1. The third-order valence-corrected chi connectivity index (χ3v) is 5.50. The van der Waals surface area contributed by atoms with E-state index in [1.54, 1.807) is 23.6 Å². The Bertz CT molecular complexity index is 874. The lowest BCUT2D eigenvalue weighted by atomic mass is 10.1.